The molecule has 114 valence electrons. The normalized spacial score (nSPS) is 14.5. The summed E-state index contributed by atoms with van der Waals surface area (Å²) >= 11 is 7.88. The molecule has 0 aromatic heterocycles. The van der Waals surface area contributed by atoms with Gasteiger partial charge in [0.15, 0.2) is 0 Å². The van der Waals surface area contributed by atoms with Crippen molar-refractivity contribution in [2.45, 2.75) is 31.8 Å². The van der Waals surface area contributed by atoms with E-state index in [1.807, 2.05) is 30.9 Å². The predicted molar refractivity (Wildman–Crippen MR) is 93.0 cm³/mol. The molecule has 0 aliphatic heterocycles. The minimum atomic E-state index is 0.390. The van der Waals surface area contributed by atoms with E-state index in [0.29, 0.717) is 12.1 Å². The average molecular weight is 315 g/mol. The minimum absolute atomic E-state index is 0.390. The molecule has 0 radical (unpaired) electrons. The lowest BCUT2D eigenvalue weighted by molar-refractivity contribution is 0.242. The number of halogens is 1. The first-order valence-electron chi connectivity index (χ1n) is 7.24. The van der Waals surface area contributed by atoms with Crippen molar-refractivity contribution in [3.8, 4) is 0 Å². The van der Waals surface area contributed by atoms with E-state index in [9.17, 15) is 0 Å². The fourth-order valence-corrected chi connectivity index (χ4v) is 3.44. The highest BCUT2D eigenvalue weighted by Crippen LogP contribution is 2.20. The first-order chi connectivity index (χ1) is 9.62. The van der Waals surface area contributed by atoms with Crippen molar-refractivity contribution in [1.82, 2.24) is 10.2 Å². The van der Waals surface area contributed by atoms with Crippen LogP contribution >= 0.6 is 23.4 Å². The predicted octanol–water partition coefficient (Wildman–Crippen LogP) is 4.06. The Morgan fingerprint density at radius 1 is 1.30 bits per heavy atom. The monoisotopic (exact) mass is 314 g/mol. The van der Waals surface area contributed by atoms with Crippen molar-refractivity contribution in [1.29, 1.82) is 0 Å². The third-order valence-electron chi connectivity index (χ3n) is 3.84. The summed E-state index contributed by atoms with van der Waals surface area (Å²) in [6.45, 7) is 3.37. The number of rotatable bonds is 9. The molecule has 0 aliphatic carbocycles. The highest BCUT2D eigenvalue weighted by molar-refractivity contribution is 7.98. The standard InChI is InChI=1S/C16H27ClN2S/c1-5-15(12-20-4)19(3)11-10-16(18-2)13-6-8-14(17)9-7-13/h6-9,15-16,18H,5,10-12H2,1-4H3. The van der Waals surface area contributed by atoms with Crippen LogP contribution in [0.3, 0.4) is 0 Å². The molecule has 0 fully saturated rings. The maximum absolute atomic E-state index is 5.95. The summed E-state index contributed by atoms with van der Waals surface area (Å²) in [7, 11) is 4.26. The zero-order chi connectivity index (χ0) is 15.0. The lowest BCUT2D eigenvalue weighted by atomic mass is 10.0. The van der Waals surface area contributed by atoms with E-state index in [-0.39, 0.29) is 0 Å². The molecular formula is C16H27ClN2S. The molecule has 1 aromatic rings. The second kappa shape index (κ2) is 9.67. The molecule has 20 heavy (non-hydrogen) atoms. The van der Waals surface area contributed by atoms with E-state index in [2.05, 4.69) is 42.6 Å². The van der Waals surface area contributed by atoms with E-state index < -0.39 is 0 Å². The summed E-state index contributed by atoms with van der Waals surface area (Å²) in [4.78, 5) is 2.48. The molecule has 2 unspecified atom stereocenters. The molecule has 2 nitrogen and oxygen atoms in total. The Hall–Kier alpha value is -0.220. The maximum Gasteiger partial charge on any atom is 0.0406 e. The van der Waals surface area contributed by atoms with Gasteiger partial charge in [0.1, 0.15) is 0 Å². The highest BCUT2D eigenvalue weighted by atomic mass is 35.5. The highest BCUT2D eigenvalue weighted by Gasteiger charge is 2.15. The number of thioether (sulfide) groups is 1. The summed E-state index contributed by atoms with van der Waals surface area (Å²) in [5.41, 5.74) is 1.31. The van der Waals surface area contributed by atoms with Crippen molar-refractivity contribution in [2.75, 3.05) is 32.6 Å². The second-order valence-corrected chi connectivity index (χ2v) is 6.53. The number of hydrogen-bond donors (Lipinski definition) is 1. The largest absolute Gasteiger partial charge is 0.313 e. The smallest absolute Gasteiger partial charge is 0.0406 e. The summed E-state index contributed by atoms with van der Waals surface area (Å²) in [5.74, 6) is 1.21. The van der Waals surface area contributed by atoms with Crippen LogP contribution in [0.4, 0.5) is 0 Å². The minimum Gasteiger partial charge on any atom is -0.313 e. The topological polar surface area (TPSA) is 15.3 Å². The van der Waals surface area contributed by atoms with Gasteiger partial charge in [0, 0.05) is 22.9 Å². The van der Waals surface area contributed by atoms with Crippen LogP contribution < -0.4 is 5.32 Å². The molecule has 1 rings (SSSR count). The van der Waals surface area contributed by atoms with Crippen molar-refractivity contribution in [2.24, 2.45) is 0 Å². The van der Waals surface area contributed by atoms with Gasteiger partial charge in [-0.1, -0.05) is 30.7 Å². The van der Waals surface area contributed by atoms with E-state index >= 15 is 0 Å². The quantitative estimate of drug-likeness (QED) is 0.740. The van der Waals surface area contributed by atoms with Gasteiger partial charge in [-0.05, 0) is 57.4 Å². The van der Waals surface area contributed by atoms with Gasteiger partial charge < -0.3 is 10.2 Å². The van der Waals surface area contributed by atoms with Crippen LogP contribution in [-0.2, 0) is 0 Å². The first-order valence-corrected chi connectivity index (χ1v) is 9.01. The summed E-state index contributed by atoms with van der Waals surface area (Å²) in [5, 5.41) is 4.21. The Morgan fingerprint density at radius 2 is 1.95 bits per heavy atom. The third kappa shape index (κ3) is 5.65. The van der Waals surface area contributed by atoms with Crippen LogP contribution in [0.25, 0.3) is 0 Å². The lowest BCUT2D eigenvalue weighted by Gasteiger charge is -2.28. The molecule has 1 aromatic carbocycles. The van der Waals surface area contributed by atoms with E-state index in [1.54, 1.807) is 0 Å². The van der Waals surface area contributed by atoms with Gasteiger partial charge in [-0.3, -0.25) is 0 Å². The van der Waals surface area contributed by atoms with Crippen LogP contribution in [0.15, 0.2) is 24.3 Å². The summed E-state index contributed by atoms with van der Waals surface area (Å²) < 4.78 is 0. The van der Waals surface area contributed by atoms with Gasteiger partial charge >= 0.3 is 0 Å². The lowest BCUT2D eigenvalue weighted by Crippen LogP contribution is -2.35. The molecule has 0 saturated heterocycles. The summed E-state index contributed by atoms with van der Waals surface area (Å²) in [6, 6.07) is 9.22. The van der Waals surface area contributed by atoms with Gasteiger partial charge in [0.2, 0.25) is 0 Å². The molecule has 1 N–H and O–H groups in total. The Bertz CT molecular complexity index is 369. The van der Waals surface area contributed by atoms with Crippen LogP contribution in [0.1, 0.15) is 31.4 Å². The second-order valence-electron chi connectivity index (χ2n) is 5.18. The Kier molecular flexibility index (Phi) is 8.62. The molecule has 2 atom stereocenters. The molecule has 0 saturated carbocycles. The van der Waals surface area contributed by atoms with Crippen molar-refractivity contribution >= 4 is 23.4 Å². The number of hydrogen-bond acceptors (Lipinski definition) is 3. The van der Waals surface area contributed by atoms with Crippen molar-refractivity contribution in [3.05, 3.63) is 34.9 Å². The van der Waals surface area contributed by atoms with Crippen molar-refractivity contribution < 1.29 is 0 Å². The number of nitrogens with zero attached hydrogens (tertiary/aromatic N) is 1. The Morgan fingerprint density at radius 3 is 2.45 bits per heavy atom. The zero-order valence-corrected chi connectivity index (χ0v) is 14.6. The molecule has 0 bridgehead atoms. The molecule has 0 aliphatic rings. The van der Waals surface area contributed by atoms with E-state index in [0.717, 1.165) is 18.0 Å². The van der Waals surface area contributed by atoms with Crippen LogP contribution in [-0.4, -0.2) is 43.6 Å². The molecular weight excluding hydrogens is 288 g/mol. The van der Waals surface area contributed by atoms with Crippen LogP contribution in [0.2, 0.25) is 5.02 Å². The Labute approximate surface area is 133 Å². The van der Waals surface area contributed by atoms with Crippen LogP contribution in [0.5, 0.6) is 0 Å². The average Bonchev–Trinajstić information content (AvgIpc) is 2.46. The number of nitrogens with one attached hydrogen (secondary N) is 1. The zero-order valence-electron chi connectivity index (χ0n) is 13.0. The molecule has 4 heteroatoms. The molecule has 0 heterocycles. The van der Waals surface area contributed by atoms with E-state index in [1.165, 1.54) is 17.7 Å². The van der Waals surface area contributed by atoms with E-state index in [4.69, 9.17) is 11.6 Å². The Balaban J connectivity index is 2.54. The number of benzene rings is 1. The third-order valence-corrected chi connectivity index (χ3v) is 4.82. The van der Waals surface area contributed by atoms with Gasteiger partial charge in [-0.25, -0.2) is 0 Å². The van der Waals surface area contributed by atoms with Crippen molar-refractivity contribution in [3.63, 3.8) is 0 Å². The van der Waals surface area contributed by atoms with Crippen LogP contribution in [0, 0.1) is 0 Å². The first kappa shape index (κ1) is 17.8. The van der Waals surface area contributed by atoms with Gasteiger partial charge in [-0.2, -0.15) is 11.8 Å². The van der Waals surface area contributed by atoms with Gasteiger partial charge in [0.05, 0.1) is 0 Å². The molecule has 0 spiro atoms. The SMILES string of the molecule is CCC(CSC)N(C)CCC(NC)c1ccc(Cl)cc1. The summed E-state index contributed by atoms with van der Waals surface area (Å²) in [6.07, 6.45) is 4.50. The van der Waals surface area contributed by atoms with Gasteiger partial charge in [0.25, 0.3) is 0 Å². The fraction of sp³-hybridized carbons (Fsp3) is 0.625. The molecule has 0 amide bonds. The fourth-order valence-electron chi connectivity index (χ4n) is 2.44. The maximum atomic E-state index is 5.95. The van der Waals surface area contributed by atoms with Gasteiger partial charge in [-0.15, -0.1) is 0 Å².